The molecule has 64 valence electrons. The molecule has 1 aliphatic heterocycles. The molecule has 1 aromatic carbocycles. The van der Waals surface area contributed by atoms with E-state index >= 15 is 0 Å². The number of hydrazine groups is 1. The number of rotatable bonds is 0. The van der Waals surface area contributed by atoms with Crippen LogP contribution in [-0.2, 0) is 6.42 Å². The molecule has 0 amide bonds. The van der Waals surface area contributed by atoms with Crippen molar-refractivity contribution in [2.24, 2.45) is 5.84 Å². The number of hydrogen-bond donors (Lipinski definition) is 1. The highest BCUT2D eigenvalue weighted by atomic mass is 35.5. The van der Waals surface area contributed by atoms with Gasteiger partial charge in [-0.05, 0) is 36.6 Å². The summed E-state index contributed by atoms with van der Waals surface area (Å²) in [5, 5.41) is 2.58. The van der Waals surface area contributed by atoms with Gasteiger partial charge in [0.05, 0.1) is 5.69 Å². The first-order valence-corrected chi connectivity index (χ1v) is 4.46. The predicted molar refractivity (Wildman–Crippen MR) is 51.3 cm³/mol. The van der Waals surface area contributed by atoms with Crippen molar-refractivity contribution in [3.63, 3.8) is 0 Å². The minimum absolute atomic E-state index is 0.795. The van der Waals surface area contributed by atoms with E-state index in [1.165, 1.54) is 5.56 Å². The van der Waals surface area contributed by atoms with E-state index < -0.39 is 0 Å². The van der Waals surface area contributed by atoms with Crippen LogP contribution in [0.1, 0.15) is 12.0 Å². The van der Waals surface area contributed by atoms with E-state index in [9.17, 15) is 0 Å². The summed E-state index contributed by atoms with van der Waals surface area (Å²) in [4.78, 5) is 0. The zero-order valence-corrected chi connectivity index (χ0v) is 7.51. The zero-order chi connectivity index (χ0) is 8.55. The second-order valence-corrected chi connectivity index (χ2v) is 3.51. The lowest BCUT2D eigenvalue weighted by Gasteiger charge is -2.26. The third kappa shape index (κ3) is 1.28. The van der Waals surface area contributed by atoms with Crippen LogP contribution in [0.3, 0.4) is 0 Å². The smallest absolute Gasteiger partial charge is 0.0550 e. The Hall–Kier alpha value is -0.730. The van der Waals surface area contributed by atoms with Gasteiger partial charge in [-0.15, -0.1) is 0 Å². The van der Waals surface area contributed by atoms with E-state index in [1.807, 2.05) is 18.2 Å². The van der Waals surface area contributed by atoms with Crippen LogP contribution in [0.4, 0.5) is 5.69 Å². The van der Waals surface area contributed by atoms with Gasteiger partial charge >= 0.3 is 0 Å². The fourth-order valence-corrected chi connectivity index (χ4v) is 1.79. The summed E-state index contributed by atoms with van der Waals surface area (Å²) in [5.41, 5.74) is 2.38. The van der Waals surface area contributed by atoms with Gasteiger partial charge in [0.1, 0.15) is 0 Å². The summed E-state index contributed by atoms with van der Waals surface area (Å²) in [6.45, 7) is 0.939. The molecule has 0 bridgehead atoms. The summed E-state index contributed by atoms with van der Waals surface area (Å²) in [6.07, 6.45) is 2.20. The van der Waals surface area contributed by atoms with Gasteiger partial charge in [0, 0.05) is 11.6 Å². The molecule has 0 saturated heterocycles. The van der Waals surface area contributed by atoms with Crippen molar-refractivity contribution < 1.29 is 0 Å². The predicted octanol–water partition coefficient (Wildman–Crippen LogP) is 1.97. The first-order chi connectivity index (χ1) is 5.77. The first kappa shape index (κ1) is 7.90. The molecule has 12 heavy (non-hydrogen) atoms. The van der Waals surface area contributed by atoms with Gasteiger partial charge in [-0.2, -0.15) is 0 Å². The van der Waals surface area contributed by atoms with Crippen LogP contribution < -0.4 is 10.9 Å². The molecule has 2 nitrogen and oxygen atoms in total. The number of hydrogen-bond acceptors (Lipinski definition) is 2. The Balaban J connectivity index is 2.46. The number of aryl methyl sites for hydroxylation is 1. The van der Waals surface area contributed by atoms with Gasteiger partial charge < -0.3 is 5.01 Å². The normalized spacial score (nSPS) is 16.0. The van der Waals surface area contributed by atoms with Crippen molar-refractivity contribution in [1.82, 2.24) is 0 Å². The Bertz CT molecular complexity index is 299. The number of nitrogens with zero attached hydrogens (tertiary/aromatic N) is 1. The summed E-state index contributed by atoms with van der Waals surface area (Å²) in [6, 6.07) is 5.86. The lowest BCUT2D eigenvalue weighted by molar-refractivity contribution is 0.714. The molecule has 0 aliphatic carbocycles. The molecule has 0 unspecified atom stereocenters. The standard InChI is InChI=1S/C9H11ClN2/c10-8-3-4-9-7(6-8)2-1-5-12(9)11/h3-4,6H,1-2,5,11H2. The number of nitrogens with two attached hydrogens (primary N) is 1. The number of fused-ring (bicyclic) bond motifs is 1. The highest BCUT2D eigenvalue weighted by molar-refractivity contribution is 6.30. The van der Waals surface area contributed by atoms with E-state index in [4.69, 9.17) is 17.4 Å². The van der Waals surface area contributed by atoms with Crippen molar-refractivity contribution in [3.05, 3.63) is 28.8 Å². The molecule has 1 heterocycles. The van der Waals surface area contributed by atoms with Crippen molar-refractivity contribution >= 4 is 17.3 Å². The molecular weight excluding hydrogens is 172 g/mol. The molecular formula is C9H11ClN2. The molecule has 2 rings (SSSR count). The molecule has 0 fully saturated rings. The van der Waals surface area contributed by atoms with Crippen LogP contribution in [0.15, 0.2) is 18.2 Å². The van der Waals surface area contributed by atoms with Crippen molar-refractivity contribution in [2.45, 2.75) is 12.8 Å². The maximum atomic E-state index is 5.87. The maximum absolute atomic E-state index is 5.87. The van der Waals surface area contributed by atoms with E-state index in [2.05, 4.69) is 0 Å². The van der Waals surface area contributed by atoms with E-state index in [1.54, 1.807) is 5.01 Å². The van der Waals surface area contributed by atoms with Gasteiger partial charge in [0.2, 0.25) is 0 Å². The Morgan fingerprint density at radius 1 is 1.42 bits per heavy atom. The third-order valence-electron chi connectivity index (χ3n) is 2.20. The fraction of sp³-hybridized carbons (Fsp3) is 0.333. The second-order valence-electron chi connectivity index (χ2n) is 3.07. The van der Waals surface area contributed by atoms with Gasteiger partial charge in [-0.25, -0.2) is 5.84 Å². The van der Waals surface area contributed by atoms with Crippen LogP contribution in [0.2, 0.25) is 5.02 Å². The van der Waals surface area contributed by atoms with E-state index in [0.29, 0.717) is 0 Å². The third-order valence-corrected chi connectivity index (χ3v) is 2.43. The summed E-state index contributed by atoms with van der Waals surface area (Å²) >= 11 is 5.87. The first-order valence-electron chi connectivity index (χ1n) is 4.08. The van der Waals surface area contributed by atoms with E-state index in [-0.39, 0.29) is 0 Å². The Labute approximate surface area is 76.9 Å². The van der Waals surface area contributed by atoms with Crippen LogP contribution in [0.5, 0.6) is 0 Å². The average molecular weight is 183 g/mol. The van der Waals surface area contributed by atoms with Crippen LogP contribution >= 0.6 is 11.6 Å². The monoisotopic (exact) mass is 182 g/mol. The molecule has 2 N–H and O–H groups in total. The Kier molecular flexibility index (Phi) is 1.95. The second kappa shape index (κ2) is 2.96. The number of benzene rings is 1. The largest absolute Gasteiger partial charge is 0.311 e. The highest BCUT2D eigenvalue weighted by Crippen LogP contribution is 2.27. The van der Waals surface area contributed by atoms with Gasteiger partial charge in [-0.3, -0.25) is 0 Å². The summed E-state index contributed by atoms with van der Waals surface area (Å²) in [5.74, 6) is 5.79. The van der Waals surface area contributed by atoms with Crippen molar-refractivity contribution in [1.29, 1.82) is 0 Å². The van der Waals surface area contributed by atoms with Crippen molar-refractivity contribution in [3.8, 4) is 0 Å². The maximum Gasteiger partial charge on any atom is 0.0550 e. The zero-order valence-electron chi connectivity index (χ0n) is 6.76. The fourth-order valence-electron chi connectivity index (χ4n) is 1.59. The molecule has 0 saturated carbocycles. The molecule has 0 atom stereocenters. The summed E-state index contributed by atoms with van der Waals surface area (Å²) < 4.78 is 0. The molecule has 0 aromatic heterocycles. The molecule has 0 spiro atoms. The molecule has 3 heteroatoms. The Morgan fingerprint density at radius 2 is 2.25 bits per heavy atom. The molecule has 1 aromatic rings. The number of anilines is 1. The quantitative estimate of drug-likeness (QED) is 0.622. The lowest BCUT2D eigenvalue weighted by Crippen LogP contribution is -2.35. The minimum atomic E-state index is 0.795. The van der Waals surface area contributed by atoms with Crippen LogP contribution in [-0.4, -0.2) is 6.54 Å². The topological polar surface area (TPSA) is 29.3 Å². The van der Waals surface area contributed by atoms with Gasteiger partial charge in [0.15, 0.2) is 0 Å². The van der Waals surface area contributed by atoms with E-state index in [0.717, 1.165) is 30.1 Å². The molecule has 0 radical (unpaired) electrons. The number of halogens is 1. The Morgan fingerprint density at radius 3 is 3.08 bits per heavy atom. The minimum Gasteiger partial charge on any atom is -0.311 e. The van der Waals surface area contributed by atoms with Crippen LogP contribution in [0.25, 0.3) is 0 Å². The summed E-state index contributed by atoms with van der Waals surface area (Å²) in [7, 11) is 0. The average Bonchev–Trinajstić information content (AvgIpc) is 2.04. The molecule has 1 aliphatic rings. The lowest BCUT2D eigenvalue weighted by atomic mass is 10.0. The SMILES string of the molecule is NN1CCCc2cc(Cl)ccc21. The van der Waals surface area contributed by atoms with Gasteiger partial charge in [-0.1, -0.05) is 11.6 Å². The van der Waals surface area contributed by atoms with Crippen molar-refractivity contribution in [2.75, 3.05) is 11.6 Å². The van der Waals surface area contributed by atoms with Crippen LogP contribution in [0, 0.1) is 0 Å². The van der Waals surface area contributed by atoms with Gasteiger partial charge in [0.25, 0.3) is 0 Å². The highest BCUT2D eigenvalue weighted by Gasteiger charge is 2.13.